The normalized spacial score (nSPS) is 11.5. The Labute approximate surface area is 136 Å². The monoisotopic (exact) mass is 316 g/mol. The molecule has 22 heavy (non-hydrogen) atoms. The van der Waals surface area contributed by atoms with E-state index in [2.05, 4.69) is 65.6 Å². The quantitative estimate of drug-likeness (QED) is 0.658. The fourth-order valence-corrected chi connectivity index (χ4v) is 3.10. The summed E-state index contributed by atoms with van der Waals surface area (Å²) in [5.41, 5.74) is 3.67. The molecule has 0 spiro atoms. The number of guanidine groups is 1. The zero-order chi connectivity index (χ0) is 15.9. The SMILES string of the molecule is CN=C(NCCc1nc(C)c(C)s1)NCc1cccc(C)c1. The maximum atomic E-state index is 4.55. The van der Waals surface area contributed by atoms with Crippen LogP contribution in [0.1, 0.15) is 26.7 Å². The second-order valence-electron chi connectivity index (χ2n) is 5.34. The molecule has 2 aromatic rings. The third kappa shape index (κ3) is 4.84. The van der Waals surface area contributed by atoms with Gasteiger partial charge in [-0.25, -0.2) is 4.98 Å². The summed E-state index contributed by atoms with van der Waals surface area (Å²) in [5, 5.41) is 7.85. The Bertz CT molecular complexity index is 626. The molecule has 0 aliphatic rings. The predicted octanol–water partition coefficient (Wildman–Crippen LogP) is 2.98. The van der Waals surface area contributed by atoms with Crippen LogP contribution in [0.4, 0.5) is 0 Å². The van der Waals surface area contributed by atoms with Gasteiger partial charge in [0, 0.05) is 31.4 Å². The lowest BCUT2D eigenvalue weighted by molar-refractivity contribution is 0.790. The van der Waals surface area contributed by atoms with E-state index in [-0.39, 0.29) is 0 Å². The van der Waals surface area contributed by atoms with Crippen molar-refractivity contribution in [3.63, 3.8) is 0 Å². The molecule has 0 saturated carbocycles. The maximum absolute atomic E-state index is 4.55. The number of aliphatic imine (C=N–C) groups is 1. The van der Waals surface area contributed by atoms with E-state index in [0.717, 1.165) is 31.2 Å². The van der Waals surface area contributed by atoms with Crippen molar-refractivity contribution < 1.29 is 0 Å². The lowest BCUT2D eigenvalue weighted by atomic mass is 10.1. The molecule has 5 heteroatoms. The first kappa shape index (κ1) is 16.5. The third-order valence-electron chi connectivity index (χ3n) is 3.47. The van der Waals surface area contributed by atoms with Crippen LogP contribution in [-0.4, -0.2) is 24.5 Å². The van der Waals surface area contributed by atoms with Crippen LogP contribution in [0.5, 0.6) is 0 Å². The van der Waals surface area contributed by atoms with E-state index in [9.17, 15) is 0 Å². The van der Waals surface area contributed by atoms with Crippen LogP contribution in [0, 0.1) is 20.8 Å². The minimum atomic E-state index is 0.775. The van der Waals surface area contributed by atoms with Gasteiger partial charge in [-0.15, -0.1) is 11.3 Å². The summed E-state index contributed by atoms with van der Waals surface area (Å²) in [7, 11) is 1.79. The molecule has 1 aromatic heterocycles. The fourth-order valence-electron chi connectivity index (χ4n) is 2.16. The molecule has 0 amide bonds. The van der Waals surface area contributed by atoms with Gasteiger partial charge in [0.2, 0.25) is 0 Å². The number of hydrogen-bond donors (Lipinski definition) is 2. The van der Waals surface area contributed by atoms with Gasteiger partial charge < -0.3 is 10.6 Å². The summed E-state index contributed by atoms with van der Waals surface area (Å²) in [5.74, 6) is 0.825. The van der Waals surface area contributed by atoms with Gasteiger partial charge in [-0.2, -0.15) is 0 Å². The van der Waals surface area contributed by atoms with E-state index in [4.69, 9.17) is 0 Å². The van der Waals surface area contributed by atoms with Crippen LogP contribution in [0.2, 0.25) is 0 Å². The second kappa shape index (κ2) is 7.94. The Morgan fingerprint density at radius 1 is 1.23 bits per heavy atom. The average molecular weight is 316 g/mol. The lowest BCUT2D eigenvalue weighted by Gasteiger charge is -2.11. The number of benzene rings is 1. The summed E-state index contributed by atoms with van der Waals surface area (Å²) >= 11 is 1.77. The van der Waals surface area contributed by atoms with E-state index < -0.39 is 0 Å². The molecule has 1 heterocycles. The van der Waals surface area contributed by atoms with Crippen LogP contribution in [0.3, 0.4) is 0 Å². The van der Waals surface area contributed by atoms with Crippen molar-refractivity contribution in [2.45, 2.75) is 33.7 Å². The molecular weight excluding hydrogens is 292 g/mol. The largest absolute Gasteiger partial charge is 0.356 e. The molecule has 2 rings (SSSR count). The summed E-state index contributed by atoms with van der Waals surface area (Å²) in [6, 6.07) is 8.49. The Morgan fingerprint density at radius 2 is 2.05 bits per heavy atom. The van der Waals surface area contributed by atoms with Gasteiger partial charge in [-0.05, 0) is 26.3 Å². The standard InChI is InChI=1S/C17H24N4S/c1-12-6-5-7-15(10-12)11-20-17(18-4)19-9-8-16-21-13(2)14(3)22-16/h5-7,10H,8-9,11H2,1-4H3,(H2,18,19,20). The first-order chi connectivity index (χ1) is 10.6. The highest BCUT2D eigenvalue weighted by atomic mass is 32.1. The number of thiazole rings is 1. The van der Waals surface area contributed by atoms with Crippen LogP contribution < -0.4 is 10.6 Å². The Balaban J connectivity index is 1.78. The van der Waals surface area contributed by atoms with E-state index in [1.165, 1.54) is 21.0 Å². The lowest BCUT2D eigenvalue weighted by Crippen LogP contribution is -2.37. The van der Waals surface area contributed by atoms with Crippen molar-refractivity contribution in [1.29, 1.82) is 0 Å². The second-order valence-corrected chi connectivity index (χ2v) is 6.63. The number of nitrogens with zero attached hydrogens (tertiary/aromatic N) is 2. The van der Waals surface area contributed by atoms with Crippen molar-refractivity contribution in [2.24, 2.45) is 4.99 Å². The molecule has 4 nitrogen and oxygen atoms in total. The maximum Gasteiger partial charge on any atom is 0.191 e. The van der Waals surface area contributed by atoms with Crippen LogP contribution >= 0.6 is 11.3 Å². The molecule has 2 N–H and O–H groups in total. The van der Waals surface area contributed by atoms with Gasteiger partial charge in [-0.3, -0.25) is 4.99 Å². The molecule has 0 atom stereocenters. The molecular formula is C17H24N4S. The fraction of sp³-hybridized carbons (Fsp3) is 0.412. The van der Waals surface area contributed by atoms with Gasteiger partial charge >= 0.3 is 0 Å². The van der Waals surface area contributed by atoms with Crippen molar-refractivity contribution in [3.05, 3.63) is 51.0 Å². The first-order valence-corrected chi connectivity index (χ1v) is 8.33. The summed E-state index contributed by atoms with van der Waals surface area (Å²) in [4.78, 5) is 10.1. The van der Waals surface area contributed by atoms with Gasteiger partial charge in [0.15, 0.2) is 5.96 Å². The minimum Gasteiger partial charge on any atom is -0.356 e. The van der Waals surface area contributed by atoms with Crippen molar-refractivity contribution in [3.8, 4) is 0 Å². The molecule has 1 aromatic carbocycles. The van der Waals surface area contributed by atoms with Crippen molar-refractivity contribution in [1.82, 2.24) is 15.6 Å². The Kier molecular flexibility index (Phi) is 5.95. The van der Waals surface area contributed by atoms with Crippen LogP contribution in [0.15, 0.2) is 29.3 Å². The molecule has 0 unspecified atom stereocenters. The molecule has 118 valence electrons. The van der Waals surface area contributed by atoms with Gasteiger partial charge in [0.05, 0.1) is 10.7 Å². The topological polar surface area (TPSA) is 49.3 Å². The third-order valence-corrected chi connectivity index (χ3v) is 4.60. The highest BCUT2D eigenvalue weighted by Crippen LogP contribution is 2.16. The molecule has 0 fully saturated rings. The number of hydrogen-bond acceptors (Lipinski definition) is 3. The average Bonchev–Trinajstić information content (AvgIpc) is 2.81. The molecule has 0 saturated heterocycles. The smallest absolute Gasteiger partial charge is 0.191 e. The molecule has 0 bridgehead atoms. The highest BCUT2D eigenvalue weighted by molar-refractivity contribution is 7.11. The van der Waals surface area contributed by atoms with Crippen molar-refractivity contribution in [2.75, 3.05) is 13.6 Å². The number of aryl methyl sites for hydroxylation is 3. The zero-order valence-corrected chi connectivity index (χ0v) is 14.5. The minimum absolute atomic E-state index is 0.775. The van der Waals surface area contributed by atoms with E-state index in [1.807, 2.05) is 0 Å². The van der Waals surface area contributed by atoms with Gasteiger partial charge in [-0.1, -0.05) is 29.8 Å². The molecule has 0 radical (unpaired) electrons. The first-order valence-electron chi connectivity index (χ1n) is 7.51. The highest BCUT2D eigenvalue weighted by Gasteiger charge is 2.04. The van der Waals surface area contributed by atoms with E-state index in [0.29, 0.717) is 0 Å². The van der Waals surface area contributed by atoms with Gasteiger partial charge in [0.25, 0.3) is 0 Å². The summed E-state index contributed by atoms with van der Waals surface area (Å²) < 4.78 is 0. The van der Waals surface area contributed by atoms with Crippen molar-refractivity contribution >= 4 is 17.3 Å². The van der Waals surface area contributed by atoms with Gasteiger partial charge in [0.1, 0.15) is 0 Å². The number of nitrogens with one attached hydrogen (secondary N) is 2. The Hall–Kier alpha value is -1.88. The van der Waals surface area contributed by atoms with E-state index in [1.54, 1.807) is 18.4 Å². The Morgan fingerprint density at radius 3 is 2.68 bits per heavy atom. The van der Waals surface area contributed by atoms with Crippen LogP contribution in [-0.2, 0) is 13.0 Å². The number of rotatable bonds is 5. The molecule has 0 aliphatic heterocycles. The molecule has 0 aliphatic carbocycles. The summed E-state index contributed by atoms with van der Waals surface area (Å²) in [6.45, 7) is 7.89. The number of aromatic nitrogens is 1. The zero-order valence-electron chi connectivity index (χ0n) is 13.7. The predicted molar refractivity (Wildman–Crippen MR) is 94.7 cm³/mol. The van der Waals surface area contributed by atoms with Crippen LogP contribution in [0.25, 0.3) is 0 Å². The summed E-state index contributed by atoms with van der Waals surface area (Å²) in [6.07, 6.45) is 0.921. The van der Waals surface area contributed by atoms with E-state index >= 15 is 0 Å².